The number of rotatable bonds is 2. The molecule has 0 saturated heterocycles. The maximum absolute atomic E-state index is 12.1. The van der Waals surface area contributed by atoms with Gasteiger partial charge in [0.25, 0.3) is 5.56 Å². The zero-order valence-electron chi connectivity index (χ0n) is 9.90. The van der Waals surface area contributed by atoms with E-state index in [2.05, 4.69) is 6.92 Å². The topological polar surface area (TPSA) is 26.9 Å². The Morgan fingerprint density at radius 1 is 1.06 bits per heavy atom. The van der Waals surface area contributed by atoms with Crippen LogP contribution >= 0.6 is 0 Å². The van der Waals surface area contributed by atoms with Gasteiger partial charge in [-0.3, -0.25) is 14.2 Å². The lowest BCUT2D eigenvalue weighted by atomic mass is 10.1. The van der Waals surface area contributed by atoms with E-state index in [9.17, 15) is 4.79 Å². The first-order chi connectivity index (χ1) is 7.66. The van der Waals surface area contributed by atoms with E-state index in [0.717, 1.165) is 23.2 Å². The number of hydrogen-bond donors (Lipinski definition) is 0. The van der Waals surface area contributed by atoms with E-state index in [4.69, 9.17) is 0 Å². The Morgan fingerprint density at radius 2 is 1.69 bits per heavy atom. The Labute approximate surface area is 94.9 Å². The minimum Gasteiger partial charge on any atom is -0.289 e. The van der Waals surface area contributed by atoms with Crippen molar-refractivity contribution in [1.82, 2.24) is 9.36 Å². The highest BCUT2D eigenvalue weighted by Gasteiger charge is 2.15. The average molecular weight is 216 g/mol. The van der Waals surface area contributed by atoms with Gasteiger partial charge in [-0.2, -0.15) is 0 Å². The molecule has 0 unspecified atom stereocenters. The Balaban J connectivity index is 2.75. The van der Waals surface area contributed by atoms with Gasteiger partial charge < -0.3 is 0 Å². The van der Waals surface area contributed by atoms with Gasteiger partial charge in [-0.15, -0.1) is 0 Å². The van der Waals surface area contributed by atoms with Gasteiger partial charge in [0.15, 0.2) is 0 Å². The normalized spacial score (nSPS) is 10.7. The van der Waals surface area contributed by atoms with Gasteiger partial charge in [0.1, 0.15) is 0 Å². The van der Waals surface area contributed by atoms with Gasteiger partial charge in [0.2, 0.25) is 0 Å². The molecule has 16 heavy (non-hydrogen) atoms. The number of benzene rings is 1. The summed E-state index contributed by atoms with van der Waals surface area (Å²) in [5, 5.41) is 0. The molecule has 2 aromatic rings. The summed E-state index contributed by atoms with van der Waals surface area (Å²) in [6, 6.07) is 9.84. The number of aromatic nitrogens is 2. The van der Waals surface area contributed by atoms with Gasteiger partial charge in [-0.05, 0) is 12.0 Å². The van der Waals surface area contributed by atoms with Gasteiger partial charge in [-0.1, -0.05) is 37.3 Å². The molecule has 1 heterocycles. The Bertz CT molecular complexity index is 549. The van der Waals surface area contributed by atoms with Crippen LogP contribution < -0.4 is 5.56 Å². The molecule has 0 atom stereocenters. The fourth-order valence-electron chi connectivity index (χ4n) is 2.06. The highest BCUT2D eigenvalue weighted by molar-refractivity contribution is 5.65. The first-order valence-corrected chi connectivity index (χ1v) is 5.47. The summed E-state index contributed by atoms with van der Waals surface area (Å²) in [6.07, 6.45) is 0.858. The predicted molar refractivity (Wildman–Crippen MR) is 65.5 cm³/mol. The van der Waals surface area contributed by atoms with Crippen LogP contribution in [0, 0.1) is 0 Å². The lowest BCUT2D eigenvalue weighted by molar-refractivity contribution is 0.559. The fraction of sp³-hybridized carbons (Fsp3) is 0.308. The van der Waals surface area contributed by atoms with Gasteiger partial charge in [0, 0.05) is 19.8 Å². The summed E-state index contributed by atoms with van der Waals surface area (Å²) in [4.78, 5) is 12.1. The quantitative estimate of drug-likeness (QED) is 0.753. The van der Waals surface area contributed by atoms with Crippen molar-refractivity contribution in [2.45, 2.75) is 13.3 Å². The van der Waals surface area contributed by atoms with Crippen LogP contribution in [-0.2, 0) is 20.5 Å². The smallest absolute Gasteiger partial charge is 0.274 e. The maximum atomic E-state index is 12.1. The van der Waals surface area contributed by atoms with E-state index in [-0.39, 0.29) is 5.56 Å². The van der Waals surface area contributed by atoms with Crippen LogP contribution in [0.2, 0.25) is 0 Å². The minimum absolute atomic E-state index is 0.0746. The molecule has 0 aliphatic carbocycles. The van der Waals surface area contributed by atoms with Crippen molar-refractivity contribution in [1.29, 1.82) is 0 Å². The molecule has 84 valence electrons. The molecule has 2 rings (SSSR count). The zero-order valence-corrected chi connectivity index (χ0v) is 9.90. The van der Waals surface area contributed by atoms with Gasteiger partial charge in [-0.25, -0.2) is 0 Å². The van der Waals surface area contributed by atoms with Crippen LogP contribution in [0.15, 0.2) is 35.1 Å². The summed E-state index contributed by atoms with van der Waals surface area (Å²) in [5.41, 5.74) is 2.98. The number of nitrogens with zero attached hydrogens (tertiary/aromatic N) is 2. The lowest BCUT2D eigenvalue weighted by Crippen LogP contribution is -2.17. The summed E-state index contributed by atoms with van der Waals surface area (Å²) in [5.74, 6) is 0. The Hall–Kier alpha value is -1.77. The van der Waals surface area contributed by atoms with Crippen LogP contribution in [0.3, 0.4) is 0 Å². The van der Waals surface area contributed by atoms with Crippen LogP contribution in [0.5, 0.6) is 0 Å². The second-order valence-electron chi connectivity index (χ2n) is 3.89. The van der Waals surface area contributed by atoms with Crippen molar-refractivity contribution in [2.24, 2.45) is 14.1 Å². The molecule has 3 nitrogen and oxygen atoms in total. The number of hydrogen-bond acceptors (Lipinski definition) is 1. The molecular formula is C13H16N2O. The molecule has 0 saturated carbocycles. The van der Waals surface area contributed by atoms with Crippen molar-refractivity contribution >= 4 is 0 Å². The van der Waals surface area contributed by atoms with Crippen molar-refractivity contribution in [3.05, 3.63) is 46.4 Å². The highest BCUT2D eigenvalue weighted by Crippen LogP contribution is 2.20. The standard InChI is InChI=1S/C13H16N2O/c1-4-11-12(10-8-6-5-7-9-10)13(16)15(3)14(11)2/h5-9H,4H2,1-3H3. The van der Waals surface area contributed by atoms with E-state index in [1.165, 1.54) is 0 Å². The van der Waals surface area contributed by atoms with E-state index in [1.807, 2.05) is 42.1 Å². The van der Waals surface area contributed by atoms with Gasteiger partial charge in [0.05, 0.1) is 5.56 Å². The van der Waals surface area contributed by atoms with E-state index in [1.54, 1.807) is 11.7 Å². The van der Waals surface area contributed by atoms with E-state index >= 15 is 0 Å². The second kappa shape index (κ2) is 4.00. The Kier molecular flexibility index (Phi) is 2.69. The minimum atomic E-state index is 0.0746. The third-order valence-electron chi connectivity index (χ3n) is 3.03. The van der Waals surface area contributed by atoms with Gasteiger partial charge >= 0.3 is 0 Å². The fourth-order valence-corrected chi connectivity index (χ4v) is 2.06. The molecule has 0 fully saturated rings. The van der Waals surface area contributed by atoms with Crippen molar-refractivity contribution < 1.29 is 0 Å². The molecule has 0 bridgehead atoms. The molecule has 3 heteroatoms. The molecule has 0 radical (unpaired) electrons. The third-order valence-corrected chi connectivity index (χ3v) is 3.03. The summed E-state index contributed by atoms with van der Waals surface area (Å²) in [7, 11) is 3.72. The molecule has 0 aliphatic heterocycles. The third kappa shape index (κ3) is 1.48. The second-order valence-corrected chi connectivity index (χ2v) is 3.89. The summed E-state index contributed by atoms with van der Waals surface area (Å²) >= 11 is 0. The lowest BCUT2D eigenvalue weighted by Gasteiger charge is -2.04. The van der Waals surface area contributed by atoms with Crippen LogP contribution in [0.25, 0.3) is 11.1 Å². The van der Waals surface area contributed by atoms with Crippen LogP contribution in [-0.4, -0.2) is 9.36 Å². The predicted octanol–water partition coefficient (Wildman–Crippen LogP) is 1.95. The SMILES string of the molecule is CCc1c(-c2ccccc2)c(=O)n(C)n1C. The molecule has 1 aromatic carbocycles. The average Bonchev–Trinajstić information content (AvgIpc) is 2.54. The van der Waals surface area contributed by atoms with E-state index in [0.29, 0.717) is 0 Å². The molecular weight excluding hydrogens is 200 g/mol. The largest absolute Gasteiger partial charge is 0.289 e. The highest BCUT2D eigenvalue weighted by atomic mass is 16.1. The zero-order chi connectivity index (χ0) is 11.7. The molecule has 0 aliphatic rings. The Morgan fingerprint density at radius 3 is 2.25 bits per heavy atom. The molecule has 1 aromatic heterocycles. The molecule has 0 amide bonds. The van der Waals surface area contributed by atoms with Crippen molar-refractivity contribution in [3.8, 4) is 11.1 Å². The van der Waals surface area contributed by atoms with Crippen LogP contribution in [0.4, 0.5) is 0 Å². The summed E-state index contributed by atoms with van der Waals surface area (Å²) in [6.45, 7) is 2.07. The van der Waals surface area contributed by atoms with Crippen molar-refractivity contribution in [2.75, 3.05) is 0 Å². The monoisotopic (exact) mass is 216 g/mol. The molecule has 0 N–H and O–H groups in total. The first-order valence-electron chi connectivity index (χ1n) is 5.47. The van der Waals surface area contributed by atoms with Crippen molar-refractivity contribution in [3.63, 3.8) is 0 Å². The summed E-state index contributed by atoms with van der Waals surface area (Å²) < 4.78 is 3.58. The molecule has 0 spiro atoms. The maximum Gasteiger partial charge on any atom is 0.274 e. The van der Waals surface area contributed by atoms with Crippen LogP contribution in [0.1, 0.15) is 12.6 Å². The van der Waals surface area contributed by atoms with E-state index < -0.39 is 0 Å². The first kappa shape index (κ1) is 10.7.